The molecule has 6 heteroatoms. The zero-order valence-corrected chi connectivity index (χ0v) is 15.5. The molecular formula is C22H19NO5. The smallest absolute Gasteiger partial charge is 0.343 e. The maximum atomic E-state index is 12.7. The summed E-state index contributed by atoms with van der Waals surface area (Å²) in [6.45, 7) is 3.53. The molecule has 2 N–H and O–H groups in total. The molecule has 6 nitrogen and oxygen atoms in total. The molecule has 2 aromatic carbocycles. The van der Waals surface area contributed by atoms with Gasteiger partial charge < -0.3 is 19.6 Å². The minimum Gasteiger partial charge on any atom is -0.462 e. The molecule has 0 radical (unpaired) electrons. The largest absolute Gasteiger partial charge is 0.462 e. The lowest BCUT2D eigenvalue weighted by Gasteiger charge is -2.27. The van der Waals surface area contributed by atoms with Crippen molar-refractivity contribution >= 4 is 16.7 Å². The number of hydrogen-bond donors (Lipinski definition) is 1. The number of fused-ring (bicyclic) bond motifs is 2. The molecule has 142 valence electrons. The van der Waals surface area contributed by atoms with Gasteiger partial charge in [-0.05, 0) is 30.2 Å². The maximum Gasteiger partial charge on any atom is 0.343 e. The number of carbonyl (C=O) groups excluding carboxylic acids is 1. The number of rotatable bonds is 3. The summed E-state index contributed by atoms with van der Waals surface area (Å²) in [4.78, 5) is 25.4. The summed E-state index contributed by atoms with van der Waals surface area (Å²) >= 11 is 0. The van der Waals surface area contributed by atoms with Crippen LogP contribution in [-0.2, 0) is 9.53 Å². The van der Waals surface area contributed by atoms with Crippen LogP contribution in [-0.4, -0.2) is 12.6 Å². The standard InChI is InChI=1S/C22H19NO5/c1-3-26-21(24)19-17(15-9-8-13-6-4-5-7-14(13)11-15)18-16(28-20(19)23)10-12(2)27-22(18)25/h4-11,17H,3,23H2,1-2H3. The molecule has 1 aliphatic rings. The lowest BCUT2D eigenvalue weighted by atomic mass is 9.83. The van der Waals surface area contributed by atoms with Gasteiger partial charge in [0.15, 0.2) is 0 Å². The monoisotopic (exact) mass is 377 g/mol. The van der Waals surface area contributed by atoms with E-state index in [0.717, 1.165) is 16.3 Å². The van der Waals surface area contributed by atoms with Gasteiger partial charge in [-0.15, -0.1) is 0 Å². The maximum absolute atomic E-state index is 12.7. The van der Waals surface area contributed by atoms with Crippen molar-refractivity contribution in [3.8, 4) is 5.75 Å². The average Bonchev–Trinajstić information content (AvgIpc) is 2.66. The molecule has 28 heavy (non-hydrogen) atoms. The fourth-order valence-electron chi connectivity index (χ4n) is 3.55. The molecule has 1 unspecified atom stereocenters. The Balaban J connectivity index is 1.98. The highest BCUT2D eigenvalue weighted by Gasteiger charge is 2.38. The molecule has 0 aliphatic carbocycles. The quantitative estimate of drug-likeness (QED) is 0.704. The van der Waals surface area contributed by atoms with E-state index in [4.69, 9.17) is 19.6 Å². The van der Waals surface area contributed by atoms with E-state index in [1.165, 1.54) is 0 Å². The van der Waals surface area contributed by atoms with Crippen LogP contribution in [0.3, 0.4) is 0 Å². The van der Waals surface area contributed by atoms with Gasteiger partial charge in [-0.1, -0.05) is 42.5 Å². The molecule has 0 saturated carbocycles. The zero-order valence-electron chi connectivity index (χ0n) is 15.5. The average molecular weight is 377 g/mol. The molecule has 0 spiro atoms. The SMILES string of the molecule is CCOC(=O)C1=C(N)Oc2cc(C)oc(=O)c2C1c1ccc2ccccc2c1. The Morgan fingerprint density at radius 1 is 1.14 bits per heavy atom. The minimum absolute atomic E-state index is 0.0749. The van der Waals surface area contributed by atoms with Crippen LogP contribution in [0.15, 0.2) is 69.2 Å². The van der Waals surface area contributed by atoms with Crippen molar-refractivity contribution in [1.29, 1.82) is 0 Å². The zero-order chi connectivity index (χ0) is 19.8. The fraction of sp³-hybridized carbons (Fsp3) is 0.182. The van der Waals surface area contributed by atoms with Gasteiger partial charge in [-0.25, -0.2) is 9.59 Å². The van der Waals surface area contributed by atoms with E-state index < -0.39 is 17.5 Å². The topological polar surface area (TPSA) is 91.8 Å². The number of ether oxygens (including phenoxy) is 2. The second-order valence-electron chi connectivity index (χ2n) is 6.56. The van der Waals surface area contributed by atoms with Crippen LogP contribution in [0.2, 0.25) is 0 Å². The second-order valence-corrected chi connectivity index (χ2v) is 6.56. The number of aryl methyl sites for hydroxylation is 1. The van der Waals surface area contributed by atoms with Crippen molar-refractivity contribution in [2.24, 2.45) is 5.73 Å². The Labute approximate surface area is 161 Å². The second kappa shape index (κ2) is 6.88. The van der Waals surface area contributed by atoms with Crippen LogP contribution in [0.1, 0.15) is 29.7 Å². The van der Waals surface area contributed by atoms with Crippen LogP contribution in [0.5, 0.6) is 5.75 Å². The highest BCUT2D eigenvalue weighted by Crippen LogP contribution is 2.41. The summed E-state index contributed by atoms with van der Waals surface area (Å²) in [5.74, 6) is -0.756. The summed E-state index contributed by atoms with van der Waals surface area (Å²) < 4.78 is 16.1. The van der Waals surface area contributed by atoms with Crippen molar-refractivity contribution in [3.05, 3.63) is 87.3 Å². The van der Waals surface area contributed by atoms with Crippen molar-refractivity contribution in [1.82, 2.24) is 0 Å². The number of nitrogens with two attached hydrogens (primary N) is 1. The van der Waals surface area contributed by atoms with Gasteiger partial charge in [0.2, 0.25) is 5.88 Å². The van der Waals surface area contributed by atoms with Gasteiger partial charge in [-0.2, -0.15) is 0 Å². The number of hydrogen-bond acceptors (Lipinski definition) is 6. The molecule has 1 aliphatic heterocycles. The van der Waals surface area contributed by atoms with Gasteiger partial charge >= 0.3 is 11.6 Å². The van der Waals surface area contributed by atoms with E-state index in [1.807, 2.05) is 42.5 Å². The van der Waals surface area contributed by atoms with Gasteiger partial charge in [0.05, 0.1) is 18.1 Å². The molecule has 0 saturated heterocycles. The molecule has 0 bridgehead atoms. The van der Waals surface area contributed by atoms with Crippen molar-refractivity contribution in [3.63, 3.8) is 0 Å². The molecule has 4 rings (SSSR count). The van der Waals surface area contributed by atoms with Crippen molar-refractivity contribution in [2.45, 2.75) is 19.8 Å². The molecule has 0 amide bonds. The summed E-state index contributed by atoms with van der Waals surface area (Å²) in [5.41, 5.74) is 6.58. The van der Waals surface area contributed by atoms with E-state index in [2.05, 4.69) is 0 Å². The Kier molecular flexibility index (Phi) is 4.39. The van der Waals surface area contributed by atoms with Crippen LogP contribution < -0.4 is 16.1 Å². The lowest BCUT2D eigenvalue weighted by molar-refractivity contribution is -0.139. The van der Waals surface area contributed by atoms with Gasteiger partial charge in [0, 0.05) is 6.07 Å². The van der Waals surface area contributed by atoms with E-state index in [0.29, 0.717) is 5.76 Å². The molecule has 0 fully saturated rings. The Hall–Kier alpha value is -3.54. The number of benzene rings is 2. The first kappa shape index (κ1) is 17.9. The van der Waals surface area contributed by atoms with E-state index >= 15 is 0 Å². The Morgan fingerprint density at radius 3 is 2.64 bits per heavy atom. The van der Waals surface area contributed by atoms with Crippen molar-refractivity contribution < 1.29 is 18.7 Å². The Morgan fingerprint density at radius 2 is 1.89 bits per heavy atom. The van der Waals surface area contributed by atoms with E-state index in [9.17, 15) is 9.59 Å². The van der Waals surface area contributed by atoms with E-state index in [1.54, 1.807) is 19.9 Å². The molecule has 3 aromatic rings. The molecule has 1 aromatic heterocycles. The van der Waals surface area contributed by atoms with Gasteiger partial charge in [0.1, 0.15) is 17.1 Å². The normalized spacial score (nSPS) is 15.9. The minimum atomic E-state index is -0.746. The summed E-state index contributed by atoms with van der Waals surface area (Å²) in [6.07, 6.45) is 0. The predicted octanol–water partition coefficient (Wildman–Crippen LogP) is 3.36. The van der Waals surface area contributed by atoms with Crippen molar-refractivity contribution in [2.75, 3.05) is 6.61 Å². The molecular weight excluding hydrogens is 358 g/mol. The number of esters is 1. The number of carbonyl (C=O) groups is 1. The van der Waals surface area contributed by atoms with Gasteiger partial charge in [-0.3, -0.25) is 0 Å². The van der Waals surface area contributed by atoms with Crippen LogP contribution >= 0.6 is 0 Å². The van der Waals surface area contributed by atoms with Crippen LogP contribution in [0.25, 0.3) is 10.8 Å². The predicted molar refractivity (Wildman–Crippen MR) is 104 cm³/mol. The first-order valence-electron chi connectivity index (χ1n) is 8.97. The Bertz CT molecular complexity index is 1180. The first-order chi connectivity index (χ1) is 13.5. The summed E-state index contributed by atoms with van der Waals surface area (Å²) in [5, 5.41) is 2.02. The third-order valence-corrected chi connectivity index (χ3v) is 4.74. The highest BCUT2D eigenvalue weighted by molar-refractivity contribution is 5.93. The third kappa shape index (κ3) is 2.93. The molecule has 1 atom stereocenters. The third-order valence-electron chi connectivity index (χ3n) is 4.74. The summed E-state index contributed by atoms with van der Waals surface area (Å²) in [6, 6.07) is 15.2. The highest BCUT2D eigenvalue weighted by atomic mass is 16.5. The van der Waals surface area contributed by atoms with E-state index in [-0.39, 0.29) is 29.4 Å². The summed E-state index contributed by atoms with van der Waals surface area (Å²) in [7, 11) is 0. The fourth-order valence-corrected chi connectivity index (χ4v) is 3.55. The van der Waals surface area contributed by atoms with Gasteiger partial charge in [0.25, 0.3) is 0 Å². The first-order valence-corrected chi connectivity index (χ1v) is 8.97. The molecule has 2 heterocycles. The van der Waals surface area contributed by atoms with Crippen LogP contribution in [0.4, 0.5) is 0 Å². The van der Waals surface area contributed by atoms with Crippen LogP contribution in [0, 0.1) is 6.92 Å². The lowest BCUT2D eigenvalue weighted by Crippen LogP contribution is -2.31.